The minimum atomic E-state index is -4.97. The van der Waals surface area contributed by atoms with Crippen LogP contribution in [0.1, 0.15) is 504 Å². The van der Waals surface area contributed by atoms with Gasteiger partial charge in [0.15, 0.2) is 12.2 Å². The van der Waals surface area contributed by atoms with Crippen molar-refractivity contribution in [2.75, 3.05) is 39.6 Å². The molecule has 0 aromatic rings. The first-order valence-electron chi connectivity index (χ1n) is 48.0. The second-order valence-corrected chi connectivity index (χ2v) is 37.3. The van der Waals surface area contributed by atoms with E-state index in [1.165, 1.54) is 321 Å². The molecule has 0 amide bonds. The van der Waals surface area contributed by atoms with Crippen LogP contribution in [0, 0.1) is 11.8 Å². The molecule has 19 heteroatoms. The number of esters is 4. The summed E-state index contributed by atoms with van der Waals surface area (Å²) in [7, 11) is -9.94. The molecule has 0 aromatic heterocycles. The lowest BCUT2D eigenvalue weighted by atomic mass is 10.0. The van der Waals surface area contributed by atoms with Crippen molar-refractivity contribution in [1.29, 1.82) is 0 Å². The molecule has 0 rings (SSSR count). The molecule has 0 aliphatic carbocycles. The van der Waals surface area contributed by atoms with Gasteiger partial charge in [0.05, 0.1) is 26.4 Å². The topological polar surface area (TPSA) is 237 Å². The molecule has 3 N–H and O–H groups in total. The third-order valence-electron chi connectivity index (χ3n) is 22.0. The van der Waals surface area contributed by atoms with Gasteiger partial charge in [0, 0.05) is 25.7 Å². The fourth-order valence-electron chi connectivity index (χ4n) is 14.7. The monoisotopic (exact) mass is 1630 g/mol. The second kappa shape index (κ2) is 84.1. The number of phosphoric ester groups is 2. The molecule has 0 radical (unpaired) electrons. The van der Waals surface area contributed by atoms with E-state index < -0.39 is 97.5 Å². The van der Waals surface area contributed by atoms with E-state index in [0.29, 0.717) is 25.7 Å². The van der Waals surface area contributed by atoms with Crippen molar-refractivity contribution in [3.05, 3.63) is 0 Å². The van der Waals surface area contributed by atoms with E-state index in [-0.39, 0.29) is 25.7 Å². The summed E-state index contributed by atoms with van der Waals surface area (Å²) in [5.41, 5.74) is 0. The molecule has 0 saturated carbocycles. The average molecular weight is 1630 g/mol. The highest BCUT2D eigenvalue weighted by Crippen LogP contribution is 2.45. The Bertz CT molecular complexity index is 2130. The number of aliphatic hydroxyl groups is 1. The first kappa shape index (κ1) is 110. The maximum Gasteiger partial charge on any atom is 0.472 e. The van der Waals surface area contributed by atoms with E-state index in [2.05, 4.69) is 41.5 Å². The number of aliphatic hydroxyl groups excluding tert-OH is 1. The molecule has 0 aromatic carbocycles. The summed E-state index contributed by atoms with van der Waals surface area (Å²) >= 11 is 0. The van der Waals surface area contributed by atoms with Crippen LogP contribution in [0.15, 0.2) is 0 Å². The number of unbranched alkanes of at least 4 members (excludes halogenated alkanes) is 62. The van der Waals surface area contributed by atoms with Crippen LogP contribution >= 0.6 is 15.6 Å². The van der Waals surface area contributed by atoms with E-state index in [4.69, 9.17) is 37.0 Å². The highest BCUT2D eigenvalue weighted by atomic mass is 31.2. The van der Waals surface area contributed by atoms with Gasteiger partial charge in [0.1, 0.15) is 19.3 Å². The summed E-state index contributed by atoms with van der Waals surface area (Å²) < 4.78 is 69.1. The van der Waals surface area contributed by atoms with Crippen LogP contribution in [0.3, 0.4) is 0 Å². The Morgan fingerprint density at radius 1 is 0.241 bits per heavy atom. The largest absolute Gasteiger partial charge is 0.472 e. The number of hydrogen-bond donors (Lipinski definition) is 3. The zero-order valence-corrected chi connectivity index (χ0v) is 75.8. The van der Waals surface area contributed by atoms with Gasteiger partial charge in [-0.1, -0.05) is 452 Å². The van der Waals surface area contributed by atoms with Crippen LogP contribution in [-0.2, 0) is 65.4 Å². The molecule has 5 atom stereocenters. The smallest absolute Gasteiger partial charge is 0.462 e. The van der Waals surface area contributed by atoms with Crippen LogP contribution in [0.5, 0.6) is 0 Å². The first-order chi connectivity index (χ1) is 54.4. The summed E-state index contributed by atoms with van der Waals surface area (Å²) in [6.45, 7) is 9.72. The third kappa shape index (κ3) is 85.9. The summed E-state index contributed by atoms with van der Waals surface area (Å²) in [5.74, 6) is -0.548. The first-order valence-corrected chi connectivity index (χ1v) is 51.0. The number of ether oxygens (including phenoxy) is 4. The summed E-state index contributed by atoms with van der Waals surface area (Å²) in [6, 6.07) is 0. The fourth-order valence-corrected chi connectivity index (χ4v) is 16.2. The Kier molecular flexibility index (Phi) is 82.6. The van der Waals surface area contributed by atoms with Gasteiger partial charge in [-0.05, 0) is 37.5 Å². The lowest BCUT2D eigenvalue weighted by molar-refractivity contribution is -0.161. The summed E-state index contributed by atoms with van der Waals surface area (Å²) in [4.78, 5) is 73.5. The van der Waals surface area contributed by atoms with Gasteiger partial charge in [0.2, 0.25) is 0 Å². The average Bonchev–Trinajstić information content (AvgIpc) is 0.899. The van der Waals surface area contributed by atoms with E-state index in [9.17, 15) is 43.2 Å². The van der Waals surface area contributed by atoms with E-state index in [1.54, 1.807) is 0 Å². The number of phosphoric acid groups is 2. The second-order valence-electron chi connectivity index (χ2n) is 34.4. The third-order valence-corrected chi connectivity index (χ3v) is 23.9. The van der Waals surface area contributed by atoms with Gasteiger partial charge in [-0.2, -0.15) is 0 Å². The SMILES string of the molecule is CCCCCCCCCCCCCCCCCCCCCCCC(=O)OC[C@H](COP(=O)(O)OC[C@@H](O)COP(=O)(O)OC[C@@H](COC(=O)CCCCCCCCCCC(C)C)OC(=O)CCCCCCCCCCCCCCCCCCCCC)OC(=O)CCCCCCCCCCCCCCCCCCCCC(C)C. The number of carbonyl (C=O) groups is 4. The molecule has 0 heterocycles. The van der Waals surface area contributed by atoms with Crippen LogP contribution in [0.4, 0.5) is 0 Å². The van der Waals surface area contributed by atoms with Gasteiger partial charge in [-0.25, -0.2) is 9.13 Å². The van der Waals surface area contributed by atoms with Crippen molar-refractivity contribution in [2.24, 2.45) is 11.8 Å². The molecule has 0 spiro atoms. The lowest BCUT2D eigenvalue weighted by Crippen LogP contribution is -2.30. The predicted octanol–water partition coefficient (Wildman–Crippen LogP) is 29.0. The van der Waals surface area contributed by atoms with Gasteiger partial charge in [-0.15, -0.1) is 0 Å². The zero-order chi connectivity index (χ0) is 82.0. The van der Waals surface area contributed by atoms with Crippen molar-refractivity contribution >= 4 is 39.5 Å². The maximum absolute atomic E-state index is 13.2. The fraction of sp³-hybridized carbons (Fsp3) is 0.957. The van der Waals surface area contributed by atoms with Gasteiger partial charge < -0.3 is 33.8 Å². The predicted molar refractivity (Wildman–Crippen MR) is 465 cm³/mol. The molecule has 0 saturated heterocycles. The van der Waals surface area contributed by atoms with Crippen molar-refractivity contribution < 1.29 is 80.2 Å². The van der Waals surface area contributed by atoms with Crippen molar-refractivity contribution in [3.8, 4) is 0 Å². The van der Waals surface area contributed by atoms with Crippen molar-refractivity contribution in [2.45, 2.75) is 522 Å². The number of hydrogen-bond acceptors (Lipinski definition) is 15. The Hall–Kier alpha value is -1.94. The Labute approximate surface area is 689 Å². The van der Waals surface area contributed by atoms with Crippen LogP contribution < -0.4 is 0 Å². The van der Waals surface area contributed by atoms with Crippen molar-refractivity contribution in [3.63, 3.8) is 0 Å². The molecule has 0 aliphatic heterocycles. The zero-order valence-electron chi connectivity index (χ0n) is 74.0. The minimum Gasteiger partial charge on any atom is -0.462 e. The minimum absolute atomic E-state index is 0.109. The molecule has 2 unspecified atom stereocenters. The lowest BCUT2D eigenvalue weighted by Gasteiger charge is -2.21. The molecule has 0 fully saturated rings. The van der Waals surface area contributed by atoms with Crippen LogP contribution in [0.2, 0.25) is 0 Å². The maximum atomic E-state index is 13.2. The summed E-state index contributed by atoms with van der Waals surface area (Å²) in [6.07, 6.45) is 79.4. The van der Waals surface area contributed by atoms with E-state index >= 15 is 0 Å². The van der Waals surface area contributed by atoms with E-state index in [1.807, 2.05) is 0 Å². The number of rotatable bonds is 92. The van der Waals surface area contributed by atoms with E-state index in [0.717, 1.165) is 102 Å². The molecule has 0 aliphatic rings. The standard InChI is InChI=1S/C93H182O17P2/c1-7-9-11-13-15-17-19-21-23-25-27-28-30-34-38-42-46-50-57-63-69-75-90(95)103-81-88(109-92(97)77-71-66-60-52-48-44-40-36-32-31-33-37-41-45-49-55-61-67-73-85(3)4)83-107-111(99,100)105-79-87(94)80-106-112(101,102)108-84-89(82-104-91(96)76-70-64-58-54-53-56-62-68-74-86(5)6)110-93(98)78-72-65-59-51-47-43-39-35-29-26-24-22-20-18-16-14-12-10-8-2/h85-89,94H,7-84H2,1-6H3,(H,99,100)(H,101,102)/t87-,88-,89-/m1/s1. The Balaban J connectivity index is 5.23. The molecular formula is C93H182O17P2. The Morgan fingerprint density at radius 2 is 0.411 bits per heavy atom. The number of carbonyl (C=O) groups excluding carboxylic acids is 4. The van der Waals surface area contributed by atoms with Crippen molar-refractivity contribution in [1.82, 2.24) is 0 Å². The molecule has 112 heavy (non-hydrogen) atoms. The molecule has 17 nitrogen and oxygen atoms in total. The molecule has 666 valence electrons. The van der Waals surface area contributed by atoms with Gasteiger partial charge in [0.25, 0.3) is 0 Å². The van der Waals surface area contributed by atoms with Crippen LogP contribution in [0.25, 0.3) is 0 Å². The normalized spacial score (nSPS) is 13.7. The van der Waals surface area contributed by atoms with Crippen LogP contribution in [-0.4, -0.2) is 96.7 Å². The Morgan fingerprint density at radius 3 is 0.607 bits per heavy atom. The van der Waals surface area contributed by atoms with Gasteiger partial charge >= 0.3 is 39.5 Å². The molecule has 0 bridgehead atoms. The van der Waals surface area contributed by atoms with Gasteiger partial charge in [-0.3, -0.25) is 37.3 Å². The molecular weight excluding hydrogens is 1450 g/mol. The highest BCUT2D eigenvalue weighted by molar-refractivity contribution is 7.47. The summed E-state index contributed by atoms with van der Waals surface area (Å²) in [5, 5.41) is 10.7. The highest BCUT2D eigenvalue weighted by Gasteiger charge is 2.31. The quantitative estimate of drug-likeness (QED) is 0.0222.